The molecule has 0 fully saturated rings. The molecule has 0 saturated carbocycles. The number of nitrogens with one attached hydrogen (secondary N) is 1. The van der Waals surface area contributed by atoms with Crippen LogP contribution >= 0.6 is 0 Å². The van der Waals surface area contributed by atoms with Gasteiger partial charge in [-0.3, -0.25) is 4.79 Å². The largest absolute Gasteiger partial charge is 0.467 e. The van der Waals surface area contributed by atoms with E-state index in [1.165, 1.54) is 6.07 Å². The Morgan fingerprint density at radius 2 is 1.95 bits per heavy atom. The lowest BCUT2D eigenvalue weighted by Crippen LogP contribution is -2.27. The quantitative estimate of drug-likeness (QED) is 0.799. The Hall–Kier alpha value is -2.21. The van der Waals surface area contributed by atoms with Crippen LogP contribution in [0.2, 0.25) is 0 Å². The van der Waals surface area contributed by atoms with Gasteiger partial charge in [-0.15, -0.1) is 0 Å². The van der Waals surface area contributed by atoms with Crippen LogP contribution < -0.4 is 5.32 Å². The van der Waals surface area contributed by atoms with Crippen molar-refractivity contribution in [3.8, 4) is 0 Å². The molecule has 2 aromatic rings. The first-order valence-corrected chi connectivity index (χ1v) is 6.51. The van der Waals surface area contributed by atoms with Gasteiger partial charge in [0.05, 0.1) is 6.26 Å². The lowest BCUT2D eigenvalue weighted by molar-refractivity contribution is 0.0910. The number of carbonyl (C=O) groups excluding carboxylic acids is 1. The SMILES string of the molecule is O=C(NCCCOCc1ccco1)c1c(F)cccc1F. The minimum Gasteiger partial charge on any atom is -0.467 e. The maximum atomic E-state index is 13.4. The average molecular weight is 295 g/mol. The summed E-state index contributed by atoms with van der Waals surface area (Å²) in [6.45, 7) is 1.02. The van der Waals surface area contributed by atoms with Crippen molar-refractivity contribution in [2.75, 3.05) is 13.2 Å². The standard InChI is InChI=1S/C15H15F2NO3/c16-12-5-1-6-13(17)14(12)15(19)18-7-3-8-20-10-11-4-2-9-21-11/h1-2,4-6,9H,3,7-8,10H2,(H,18,19). The minimum atomic E-state index is -0.874. The molecule has 1 aromatic carbocycles. The van der Waals surface area contributed by atoms with Crippen LogP contribution in [0.1, 0.15) is 22.5 Å². The fourth-order valence-electron chi connectivity index (χ4n) is 1.75. The van der Waals surface area contributed by atoms with Crippen molar-refractivity contribution in [1.82, 2.24) is 5.32 Å². The second-order valence-corrected chi connectivity index (χ2v) is 4.34. The lowest BCUT2D eigenvalue weighted by Gasteiger charge is -2.07. The molecule has 112 valence electrons. The van der Waals surface area contributed by atoms with Crippen LogP contribution in [0.3, 0.4) is 0 Å². The fraction of sp³-hybridized carbons (Fsp3) is 0.267. The summed E-state index contributed by atoms with van der Waals surface area (Å²) in [5.41, 5.74) is -0.561. The number of furan rings is 1. The first-order chi connectivity index (χ1) is 10.2. The highest BCUT2D eigenvalue weighted by Gasteiger charge is 2.16. The Morgan fingerprint density at radius 1 is 1.19 bits per heavy atom. The molecular formula is C15H15F2NO3. The molecule has 6 heteroatoms. The minimum absolute atomic E-state index is 0.269. The van der Waals surface area contributed by atoms with E-state index in [2.05, 4.69) is 5.32 Å². The molecule has 2 rings (SSSR count). The molecule has 4 nitrogen and oxygen atoms in total. The van der Waals surface area contributed by atoms with E-state index in [1.54, 1.807) is 18.4 Å². The number of amides is 1. The fourth-order valence-corrected chi connectivity index (χ4v) is 1.75. The van der Waals surface area contributed by atoms with Gasteiger partial charge in [0.15, 0.2) is 0 Å². The summed E-state index contributed by atoms with van der Waals surface area (Å²) in [7, 11) is 0. The van der Waals surface area contributed by atoms with E-state index >= 15 is 0 Å². The summed E-state index contributed by atoms with van der Waals surface area (Å²) in [4.78, 5) is 11.7. The third kappa shape index (κ3) is 4.39. The molecule has 0 bridgehead atoms. The first-order valence-electron chi connectivity index (χ1n) is 6.51. The van der Waals surface area contributed by atoms with Crippen LogP contribution in [0.25, 0.3) is 0 Å². The van der Waals surface area contributed by atoms with Crippen LogP contribution in [0.5, 0.6) is 0 Å². The van der Waals surface area contributed by atoms with E-state index in [-0.39, 0.29) is 6.54 Å². The van der Waals surface area contributed by atoms with Crippen molar-refractivity contribution in [3.05, 3.63) is 59.6 Å². The van der Waals surface area contributed by atoms with Gasteiger partial charge in [-0.1, -0.05) is 6.07 Å². The van der Waals surface area contributed by atoms with E-state index in [4.69, 9.17) is 9.15 Å². The number of halogens is 2. The third-order valence-corrected chi connectivity index (χ3v) is 2.77. The van der Waals surface area contributed by atoms with Gasteiger partial charge in [-0.2, -0.15) is 0 Å². The molecule has 1 N–H and O–H groups in total. The highest BCUT2D eigenvalue weighted by Crippen LogP contribution is 2.11. The predicted molar refractivity (Wildman–Crippen MR) is 71.7 cm³/mol. The molecular weight excluding hydrogens is 280 g/mol. The molecule has 0 spiro atoms. The zero-order chi connectivity index (χ0) is 15.1. The molecule has 1 heterocycles. The Bertz CT molecular complexity index is 564. The number of rotatable bonds is 7. The van der Waals surface area contributed by atoms with Gasteiger partial charge in [-0.25, -0.2) is 8.78 Å². The van der Waals surface area contributed by atoms with Crippen LogP contribution in [0.4, 0.5) is 8.78 Å². The van der Waals surface area contributed by atoms with Gasteiger partial charge < -0.3 is 14.5 Å². The molecule has 21 heavy (non-hydrogen) atoms. The lowest BCUT2D eigenvalue weighted by atomic mass is 10.2. The Kier molecular flexibility index (Phi) is 5.45. The summed E-state index contributed by atoms with van der Waals surface area (Å²) >= 11 is 0. The summed E-state index contributed by atoms with van der Waals surface area (Å²) in [6, 6.07) is 6.86. The first kappa shape index (κ1) is 15.2. The topological polar surface area (TPSA) is 51.5 Å². The normalized spacial score (nSPS) is 10.6. The van der Waals surface area contributed by atoms with E-state index < -0.39 is 23.1 Å². The molecule has 1 amide bonds. The second-order valence-electron chi connectivity index (χ2n) is 4.34. The Labute approximate surface area is 120 Å². The van der Waals surface area contributed by atoms with Crippen LogP contribution in [0, 0.1) is 11.6 Å². The van der Waals surface area contributed by atoms with Crippen molar-refractivity contribution < 1.29 is 22.7 Å². The van der Waals surface area contributed by atoms with Crippen molar-refractivity contribution in [2.24, 2.45) is 0 Å². The van der Waals surface area contributed by atoms with Crippen LogP contribution in [-0.4, -0.2) is 19.1 Å². The number of carbonyl (C=O) groups is 1. The molecule has 0 aliphatic heterocycles. The van der Waals surface area contributed by atoms with Gasteiger partial charge in [0.2, 0.25) is 0 Å². The van der Waals surface area contributed by atoms with Crippen molar-refractivity contribution in [3.63, 3.8) is 0 Å². The third-order valence-electron chi connectivity index (χ3n) is 2.77. The summed E-state index contributed by atoms with van der Waals surface area (Å²) in [5, 5.41) is 2.45. The summed E-state index contributed by atoms with van der Waals surface area (Å²) in [6.07, 6.45) is 2.09. The zero-order valence-corrected chi connectivity index (χ0v) is 11.3. The van der Waals surface area contributed by atoms with E-state index in [9.17, 15) is 13.6 Å². The van der Waals surface area contributed by atoms with Gasteiger partial charge in [0.25, 0.3) is 5.91 Å². The molecule has 0 atom stereocenters. The average Bonchev–Trinajstić information content (AvgIpc) is 2.95. The van der Waals surface area contributed by atoms with Crippen molar-refractivity contribution in [1.29, 1.82) is 0 Å². The molecule has 0 aliphatic carbocycles. The highest BCUT2D eigenvalue weighted by molar-refractivity contribution is 5.94. The smallest absolute Gasteiger partial charge is 0.257 e. The van der Waals surface area contributed by atoms with Crippen molar-refractivity contribution >= 4 is 5.91 Å². The van der Waals surface area contributed by atoms with Crippen LogP contribution in [0.15, 0.2) is 41.0 Å². The Morgan fingerprint density at radius 3 is 2.62 bits per heavy atom. The van der Waals surface area contributed by atoms with E-state index in [1.807, 2.05) is 0 Å². The monoisotopic (exact) mass is 295 g/mol. The maximum absolute atomic E-state index is 13.4. The predicted octanol–water partition coefficient (Wildman–Crippen LogP) is 2.89. The zero-order valence-electron chi connectivity index (χ0n) is 11.3. The summed E-state index contributed by atoms with van der Waals surface area (Å²) in [5.74, 6) is -1.80. The molecule has 0 unspecified atom stereocenters. The second kappa shape index (κ2) is 7.54. The van der Waals surface area contributed by atoms with Gasteiger partial charge in [0, 0.05) is 13.2 Å². The van der Waals surface area contributed by atoms with Gasteiger partial charge in [0.1, 0.15) is 29.6 Å². The maximum Gasteiger partial charge on any atom is 0.257 e. The number of hydrogen-bond acceptors (Lipinski definition) is 3. The van der Waals surface area contributed by atoms with Crippen LogP contribution in [-0.2, 0) is 11.3 Å². The van der Waals surface area contributed by atoms with Gasteiger partial charge in [-0.05, 0) is 30.7 Å². The van der Waals surface area contributed by atoms with E-state index in [0.29, 0.717) is 25.4 Å². The van der Waals surface area contributed by atoms with Crippen molar-refractivity contribution in [2.45, 2.75) is 13.0 Å². The molecule has 1 aromatic heterocycles. The summed E-state index contributed by atoms with van der Waals surface area (Å²) < 4.78 is 37.1. The molecule has 0 saturated heterocycles. The number of ether oxygens (including phenoxy) is 1. The Balaban J connectivity index is 1.67. The molecule has 0 radical (unpaired) electrons. The van der Waals surface area contributed by atoms with Gasteiger partial charge >= 0.3 is 0 Å². The number of benzene rings is 1. The molecule has 0 aliphatic rings. The van der Waals surface area contributed by atoms with E-state index in [0.717, 1.165) is 12.1 Å². The number of hydrogen-bond donors (Lipinski definition) is 1. The highest BCUT2D eigenvalue weighted by atomic mass is 19.1.